The second kappa shape index (κ2) is 6.59. The van der Waals surface area contributed by atoms with E-state index in [9.17, 15) is 13.2 Å². The van der Waals surface area contributed by atoms with Crippen molar-refractivity contribution in [1.29, 1.82) is 0 Å². The van der Waals surface area contributed by atoms with Crippen molar-refractivity contribution in [2.24, 2.45) is 0 Å². The molecule has 7 nitrogen and oxygen atoms in total. The first-order valence-electron chi connectivity index (χ1n) is 8.26. The second-order valence-corrected chi connectivity index (χ2v) is 8.90. The van der Waals surface area contributed by atoms with E-state index in [1.807, 2.05) is 19.9 Å². The first-order valence-corrected chi connectivity index (χ1v) is 10.1. The average molecular weight is 362 g/mol. The highest BCUT2D eigenvalue weighted by Gasteiger charge is 2.33. The Hall–Kier alpha value is -2.22. The highest BCUT2D eigenvalue weighted by Crippen LogP contribution is 2.23. The fourth-order valence-corrected chi connectivity index (χ4v) is 4.85. The van der Waals surface area contributed by atoms with Crippen molar-refractivity contribution in [3.05, 3.63) is 36.2 Å². The lowest BCUT2D eigenvalue weighted by molar-refractivity contribution is 0.0747. The minimum atomic E-state index is -3.03. The van der Waals surface area contributed by atoms with Gasteiger partial charge < -0.3 is 4.90 Å². The van der Waals surface area contributed by atoms with E-state index >= 15 is 0 Å². The van der Waals surface area contributed by atoms with Gasteiger partial charge in [-0.3, -0.25) is 4.79 Å². The largest absolute Gasteiger partial charge is 0.338 e. The molecule has 8 heteroatoms. The molecule has 3 rings (SSSR count). The fraction of sp³-hybridized carbons (Fsp3) is 0.471. The first kappa shape index (κ1) is 17.6. The van der Waals surface area contributed by atoms with E-state index in [0.29, 0.717) is 17.8 Å². The van der Waals surface area contributed by atoms with Crippen LogP contribution in [0.4, 0.5) is 0 Å². The van der Waals surface area contributed by atoms with Crippen LogP contribution in [-0.4, -0.2) is 58.6 Å². The third kappa shape index (κ3) is 3.58. The van der Waals surface area contributed by atoms with Crippen molar-refractivity contribution in [2.75, 3.05) is 18.6 Å². The number of carbonyl (C=O) groups is 1. The van der Waals surface area contributed by atoms with Crippen molar-refractivity contribution in [3.8, 4) is 11.4 Å². The topological polar surface area (TPSA) is 85.2 Å². The van der Waals surface area contributed by atoms with Crippen LogP contribution in [0.25, 0.3) is 11.4 Å². The van der Waals surface area contributed by atoms with Gasteiger partial charge in [-0.25, -0.2) is 18.1 Å². The zero-order chi connectivity index (χ0) is 18.2. The zero-order valence-electron chi connectivity index (χ0n) is 14.6. The molecule has 0 aliphatic carbocycles. The molecule has 2 aromatic rings. The van der Waals surface area contributed by atoms with Crippen LogP contribution in [0.15, 0.2) is 30.6 Å². The van der Waals surface area contributed by atoms with Crippen LogP contribution in [-0.2, 0) is 9.84 Å². The van der Waals surface area contributed by atoms with Crippen molar-refractivity contribution < 1.29 is 13.2 Å². The van der Waals surface area contributed by atoms with E-state index in [0.717, 1.165) is 5.56 Å². The Morgan fingerprint density at radius 1 is 1.36 bits per heavy atom. The van der Waals surface area contributed by atoms with Gasteiger partial charge >= 0.3 is 0 Å². The van der Waals surface area contributed by atoms with Gasteiger partial charge in [0.2, 0.25) is 0 Å². The predicted molar refractivity (Wildman–Crippen MR) is 95.0 cm³/mol. The first-order chi connectivity index (χ1) is 11.8. The maximum atomic E-state index is 12.8. The van der Waals surface area contributed by atoms with Crippen LogP contribution in [0.3, 0.4) is 0 Å². The number of carbonyl (C=O) groups excluding carboxylic acids is 1. The molecule has 1 atom stereocenters. The van der Waals surface area contributed by atoms with Crippen LogP contribution in [0, 0.1) is 0 Å². The second-order valence-electron chi connectivity index (χ2n) is 6.68. The predicted octanol–water partition coefficient (Wildman–Crippen LogP) is 1.79. The minimum absolute atomic E-state index is 0.0383. The fourth-order valence-electron chi connectivity index (χ4n) is 3.08. The molecule has 0 N–H and O–H groups in total. The Balaban J connectivity index is 1.86. The Kier molecular flexibility index (Phi) is 4.64. The molecule has 1 aliphatic heterocycles. The number of rotatable bonds is 4. The van der Waals surface area contributed by atoms with Gasteiger partial charge in [-0.05, 0) is 32.4 Å². The molecule has 0 spiro atoms. The number of hydrogen-bond acceptors (Lipinski definition) is 5. The van der Waals surface area contributed by atoms with Crippen molar-refractivity contribution in [1.82, 2.24) is 19.7 Å². The van der Waals surface area contributed by atoms with Crippen LogP contribution in [0.1, 0.15) is 36.7 Å². The third-order valence-corrected chi connectivity index (χ3v) is 6.26. The summed E-state index contributed by atoms with van der Waals surface area (Å²) in [4.78, 5) is 18.6. The summed E-state index contributed by atoms with van der Waals surface area (Å²) in [5, 5.41) is 4.22. The molecule has 1 amide bonds. The number of nitrogens with zero attached hydrogens (tertiary/aromatic N) is 4. The summed E-state index contributed by atoms with van der Waals surface area (Å²) in [5.74, 6) is 0.707. The van der Waals surface area contributed by atoms with E-state index in [2.05, 4.69) is 10.1 Å². The molecule has 1 saturated heterocycles. The smallest absolute Gasteiger partial charge is 0.253 e. The van der Waals surface area contributed by atoms with Gasteiger partial charge in [-0.15, -0.1) is 0 Å². The molecule has 1 aliphatic rings. The molecule has 0 unspecified atom stereocenters. The van der Waals surface area contributed by atoms with E-state index in [1.165, 1.54) is 11.2 Å². The van der Waals surface area contributed by atoms with Gasteiger partial charge in [0.05, 0.1) is 11.5 Å². The maximum absolute atomic E-state index is 12.8. The number of hydrogen-bond donors (Lipinski definition) is 0. The van der Waals surface area contributed by atoms with Crippen molar-refractivity contribution in [3.63, 3.8) is 0 Å². The van der Waals surface area contributed by atoms with Crippen molar-refractivity contribution >= 4 is 15.7 Å². The summed E-state index contributed by atoms with van der Waals surface area (Å²) >= 11 is 0. The average Bonchev–Trinajstić information content (AvgIpc) is 3.20. The molecular formula is C17H22N4O3S. The lowest BCUT2D eigenvalue weighted by Crippen LogP contribution is -2.37. The molecule has 0 radical (unpaired) electrons. The molecule has 1 fully saturated rings. The maximum Gasteiger partial charge on any atom is 0.253 e. The van der Waals surface area contributed by atoms with Gasteiger partial charge in [0, 0.05) is 30.3 Å². The van der Waals surface area contributed by atoms with Gasteiger partial charge in [0.15, 0.2) is 15.7 Å². The Morgan fingerprint density at radius 2 is 2.12 bits per heavy atom. The molecule has 0 saturated carbocycles. The van der Waals surface area contributed by atoms with Gasteiger partial charge in [-0.2, -0.15) is 5.10 Å². The normalized spacial score (nSPS) is 19.3. The molecule has 0 bridgehead atoms. The lowest BCUT2D eigenvalue weighted by Gasteiger charge is -2.23. The van der Waals surface area contributed by atoms with Crippen LogP contribution in [0.2, 0.25) is 0 Å². The molecule has 25 heavy (non-hydrogen) atoms. The van der Waals surface area contributed by atoms with Gasteiger partial charge in [0.25, 0.3) is 5.91 Å². The summed E-state index contributed by atoms with van der Waals surface area (Å²) in [6.45, 7) is 4.03. The van der Waals surface area contributed by atoms with Crippen LogP contribution < -0.4 is 0 Å². The number of amides is 1. The minimum Gasteiger partial charge on any atom is -0.338 e. The van der Waals surface area contributed by atoms with Gasteiger partial charge in [-0.1, -0.05) is 12.1 Å². The summed E-state index contributed by atoms with van der Waals surface area (Å²) in [6, 6.07) is 7.11. The number of sulfone groups is 1. The van der Waals surface area contributed by atoms with Crippen LogP contribution >= 0.6 is 0 Å². The lowest BCUT2D eigenvalue weighted by atomic mass is 10.1. The standard InChI is InChI=1S/C17H22N4O3S/c1-12(2)21-16(18-11-19-21)13-5-4-6-14(9-13)17(22)20(3)15-7-8-25(23,24)10-15/h4-6,9,11-12,15H,7-8,10H2,1-3H3/t15-/m0/s1. The highest BCUT2D eigenvalue weighted by atomic mass is 32.2. The van der Waals surface area contributed by atoms with Crippen LogP contribution in [0.5, 0.6) is 0 Å². The summed E-state index contributed by atoms with van der Waals surface area (Å²) in [7, 11) is -1.37. The zero-order valence-corrected chi connectivity index (χ0v) is 15.4. The quantitative estimate of drug-likeness (QED) is 0.828. The summed E-state index contributed by atoms with van der Waals surface area (Å²) < 4.78 is 25.1. The SMILES string of the molecule is CC(C)n1ncnc1-c1cccc(C(=O)N(C)[C@H]2CCS(=O)(=O)C2)c1. The molecular weight excluding hydrogens is 340 g/mol. The molecule has 2 heterocycles. The Labute approximate surface area is 147 Å². The summed E-state index contributed by atoms with van der Waals surface area (Å²) in [5.41, 5.74) is 1.33. The van der Waals surface area contributed by atoms with E-state index in [4.69, 9.17) is 0 Å². The van der Waals surface area contributed by atoms with E-state index < -0.39 is 9.84 Å². The Bertz CT molecular complexity index is 889. The Morgan fingerprint density at radius 3 is 2.76 bits per heavy atom. The van der Waals surface area contributed by atoms with E-state index in [1.54, 1.807) is 29.9 Å². The third-order valence-electron chi connectivity index (χ3n) is 4.51. The van der Waals surface area contributed by atoms with Crippen molar-refractivity contribution in [2.45, 2.75) is 32.4 Å². The van der Waals surface area contributed by atoms with E-state index in [-0.39, 0.29) is 29.5 Å². The number of benzene rings is 1. The number of aromatic nitrogens is 3. The monoisotopic (exact) mass is 362 g/mol. The summed E-state index contributed by atoms with van der Waals surface area (Å²) in [6.07, 6.45) is 1.99. The molecule has 1 aromatic carbocycles. The highest BCUT2D eigenvalue weighted by molar-refractivity contribution is 7.91. The van der Waals surface area contributed by atoms with Gasteiger partial charge in [0.1, 0.15) is 6.33 Å². The molecule has 134 valence electrons. The molecule has 1 aromatic heterocycles.